The van der Waals surface area contributed by atoms with E-state index in [1.165, 1.54) is 6.07 Å². The van der Waals surface area contributed by atoms with Gasteiger partial charge in [0.1, 0.15) is 5.82 Å². The molecule has 0 saturated heterocycles. The second-order valence-electron chi connectivity index (χ2n) is 3.94. The van der Waals surface area contributed by atoms with Gasteiger partial charge in [0.15, 0.2) is 0 Å². The maximum Gasteiger partial charge on any atom is 0.141 e. The summed E-state index contributed by atoms with van der Waals surface area (Å²) in [6, 6.07) is 1.38. The largest absolute Gasteiger partial charge is 0.385 e. The van der Waals surface area contributed by atoms with Crippen molar-refractivity contribution in [2.24, 2.45) is 5.92 Å². The van der Waals surface area contributed by atoms with E-state index in [-0.39, 0.29) is 11.7 Å². The quantitative estimate of drug-likeness (QED) is 0.802. The smallest absolute Gasteiger partial charge is 0.141 e. The third-order valence-electron chi connectivity index (χ3n) is 3.00. The van der Waals surface area contributed by atoms with Crippen molar-refractivity contribution in [2.45, 2.75) is 31.8 Å². The highest BCUT2D eigenvalue weighted by Gasteiger charge is 2.43. The van der Waals surface area contributed by atoms with E-state index >= 15 is 0 Å². The van der Waals surface area contributed by atoms with Crippen molar-refractivity contribution in [3.63, 3.8) is 0 Å². The Bertz CT molecular complexity index is 338. The maximum atomic E-state index is 12.9. The molecule has 1 aromatic rings. The molecule has 2 rings (SSSR count). The minimum Gasteiger partial charge on any atom is -0.385 e. The Morgan fingerprint density at radius 1 is 1.57 bits per heavy atom. The number of hydrogen-bond acceptors (Lipinski definition) is 2. The van der Waals surface area contributed by atoms with Crippen LogP contribution in [0.3, 0.4) is 0 Å². The summed E-state index contributed by atoms with van der Waals surface area (Å²) < 4.78 is 12.9. The molecule has 1 aliphatic rings. The molecule has 76 valence electrons. The predicted octanol–water partition coefficient (Wildman–Crippen LogP) is 2.23. The average molecular weight is 195 g/mol. The van der Waals surface area contributed by atoms with Crippen molar-refractivity contribution in [3.8, 4) is 0 Å². The molecule has 1 atom stereocenters. The number of rotatable bonds is 3. The highest BCUT2D eigenvalue weighted by molar-refractivity contribution is 5.21. The second kappa shape index (κ2) is 3.31. The lowest BCUT2D eigenvalue weighted by atomic mass is 9.87. The Morgan fingerprint density at radius 2 is 2.29 bits per heavy atom. The number of aliphatic hydroxyl groups is 1. The Kier molecular flexibility index (Phi) is 2.27. The van der Waals surface area contributed by atoms with Gasteiger partial charge in [0, 0.05) is 11.8 Å². The Morgan fingerprint density at radius 3 is 2.79 bits per heavy atom. The molecule has 2 nitrogen and oxygen atoms in total. The van der Waals surface area contributed by atoms with Gasteiger partial charge >= 0.3 is 0 Å². The van der Waals surface area contributed by atoms with Gasteiger partial charge in [-0.3, -0.25) is 4.98 Å². The number of nitrogens with zero attached hydrogens (tertiary/aromatic N) is 1. The van der Waals surface area contributed by atoms with Crippen molar-refractivity contribution >= 4 is 0 Å². The summed E-state index contributed by atoms with van der Waals surface area (Å²) in [7, 11) is 0. The van der Waals surface area contributed by atoms with Crippen LogP contribution in [-0.4, -0.2) is 10.1 Å². The Labute approximate surface area is 82.8 Å². The first-order valence-electron chi connectivity index (χ1n) is 5.00. The summed E-state index contributed by atoms with van der Waals surface area (Å²) in [6.07, 6.45) is 5.39. The second-order valence-corrected chi connectivity index (χ2v) is 3.94. The first kappa shape index (κ1) is 9.59. The summed E-state index contributed by atoms with van der Waals surface area (Å²) in [4.78, 5) is 3.77. The molecule has 0 bridgehead atoms. The molecule has 0 amide bonds. The van der Waals surface area contributed by atoms with Gasteiger partial charge in [0.2, 0.25) is 0 Å². The van der Waals surface area contributed by atoms with Crippen molar-refractivity contribution in [3.05, 3.63) is 29.8 Å². The highest BCUT2D eigenvalue weighted by atomic mass is 19.1. The molecule has 1 saturated carbocycles. The van der Waals surface area contributed by atoms with E-state index in [9.17, 15) is 9.50 Å². The van der Waals surface area contributed by atoms with Crippen LogP contribution < -0.4 is 0 Å². The lowest BCUT2D eigenvalue weighted by Gasteiger charge is -2.26. The number of aromatic nitrogens is 1. The third-order valence-corrected chi connectivity index (χ3v) is 3.00. The zero-order chi connectivity index (χ0) is 10.2. The fraction of sp³-hybridized carbons (Fsp3) is 0.545. The molecular formula is C11H14FNO. The first-order valence-corrected chi connectivity index (χ1v) is 5.00. The SMILES string of the molecule is CCC(O)(c1cncc(F)c1)C1CC1. The molecule has 1 aromatic heterocycles. The first-order chi connectivity index (χ1) is 6.66. The molecule has 1 aliphatic carbocycles. The van der Waals surface area contributed by atoms with Gasteiger partial charge < -0.3 is 5.11 Å². The van der Waals surface area contributed by atoms with E-state index < -0.39 is 5.60 Å². The molecule has 3 heteroatoms. The normalized spacial score (nSPS) is 20.5. The molecule has 14 heavy (non-hydrogen) atoms. The third kappa shape index (κ3) is 1.52. The van der Waals surface area contributed by atoms with Crippen molar-refractivity contribution in [2.75, 3.05) is 0 Å². The average Bonchev–Trinajstić information content (AvgIpc) is 3.00. The summed E-state index contributed by atoms with van der Waals surface area (Å²) in [6.45, 7) is 1.92. The van der Waals surface area contributed by atoms with Crippen LogP contribution in [-0.2, 0) is 5.60 Å². The number of pyridine rings is 1. The lowest BCUT2D eigenvalue weighted by molar-refractivity contribution is 0.00828. The maximum absolute atomic E-state index is 12.9. The molecule has 0 spiro atoms. The van der Waals surface area contributed by atoms with Crippen LogP contribution in [0.4, 0.5) is 4.39 Å². The summed E-state index contributed by atoms with van der Waals surface area (Å²) in [5.41, 5.74) is -0.253. The zero-order valence-electron chi connectivity index (χ0n) is 8.20. The molecule has 1 fully saturated rings. The fourth-order valence-electron chi connectivity index (χ4n) is 1.94. The van der Waals surface area contributed by atoms with Gasteiger partial charge in [0.25, 0.3) is 0 Å². The van der Waals surface area contributed by atoms with Gasteiger partial charge in [-0.15, -0.1) is 0 Å². The van der Waals surface area contributed by atoms with Crippen LogP contribution >= 0.6 is 0 Å². The van der Waals surface area contributed by atoms with Gasteiger partial charge in [0.05, 0.1) is 11.8 Å². The molecule has 0 aliphatic heterocycles. The van der Waals surface area contributed by atoms with E-state index in [2.05, 4.69) is 4.98 Å². The number of hydrogen-bond donors (Lipinski definition) is 1. The minimum absolute atomic E-state index is 0.288. The summed E-state index contributed by atoms with van der Waals surface area (Å²) in [5, 5.41) is 10.3. The van der Waals surface area contributed by atoms with Crippen LogP contribution in [0, 0.1) is 11.7 Å². The van der Waals surface area contributed by atoms with E-state index in [4.69, 9.17) is 0 Å². The lowest BCUT2D eigenvalue weighted by Crippen LogP contribution is -2.27. The molecule has 1 heterocycles. The molecule has 1 unspecified atom stereocenters. The molecular weight excluding hydrogens is 181 g/mol. The van der Waals surface area contributed by atoms with Gasteiger partial charge in [-0.25, -0.2) is 4.39 Å². The van der Waals surface area contributed by atoms with Crippen LogP contribution in [0.1, 0.15) is 31.7 Å². The van der Waals surface area contributed by atoms with E-state index in [1.54, 1.807) is 6.20 Å². The molecule has 0 aromatic carbocycles. The Balaban J connectivity index is 2.35. The van der Waals surface area contributed by atoms with Gasteiger partial charge in [-0.05, 0) is 31.2 Å². The summed E-state index contributed by atoms with van der Waals surface area (Å²) in [5.74, 6) is -0.0916. The van der Waals surface area contributed by atoms with Crippen LogP contribution in [0.5, 0.6) is 0 Å². The van der Waals surface area contributed by atoms with Gasteiger partial charge in [-0.1, -0.05) is 6.92 Å². The van der Waals surface area contributed by atoms with Crippen LogP contribution in [0.15, 0.2) is 18.5 Å². The van der Waals surface area contributed by atoms with E-state index in [0.717, 1.165) is 19.0 Å². The van der Waals surface area contributed by atoms with Crippen LogP contribution in [0.2, 0.25) is 0 Å². The van der Waals surface area contributed by atoms with E-state index in [1.807, 2.05) is 6.92 Å². The predicted molar refractivity (Wildman–Crippen MR) is 51.1 cm³/mol. The standard InChI is InChI=1S/C11H14FNO/c1-2-11(14,8-3-4-8)9-5-10(12)7-13-6-9/h5-8,14H,2-4H2,1H3. The topological polar surface area (TPSA) is 33.1 Å². The van der Waals surface area contributed by atoms with Crippen molar-refractivity contribution in [1.29, 1.82) is 0 Å². The molecule has 1 N–H and O–H groups in total. The Hall–Kier alpha value is -0.960. The highest BCUT2D eigenvalue weighted by Crippen LogP contribution is 2.47. The fourth-order valence-corrected chi connectivity index (χ4v) is 1.94. The molecule has 0 radical (unpaired) electrons. The van der Waals surface area contributed by atoms with Gasteiger partial charge in [-0.2, -0.15) is 0 Å². The number of halogens is 1. The van der Waals surface area contributed by atoms with Crippen molar-refractivity contribution < 1.29 is 9.50 Å². The van der Waals surface area contributed by atoms with E-state index in [0.29, 0.717) is 12.0 Å². The monoisotopic (exact) mass is 195 g/mol. The zero-order valence-corrected chi connectivity index (χ0v) is 8.20. The minimum atomic E-state index is -0.866. The van der Waals surface area contributed by atoms with Crippen molar-refractivity contribution in [1.82, 2.24) is 4.98 Å². The van der Waals surface area contributed by atoms with Crippen LogP contribution in [0.25, 0.3) is 0 Å². The summed E-state index contributed by atoms with van der Waals surface area (Å²) >= 11 is 0.